The van der Waals surface area contributed by atoms with E-state index in [9.17, 15) is 8.42 Å². The summed E-state index contributed by atoms with van der Waals surface area (Å²) in [5, 5.41) is 0.487. The van der Waals surface area contributed by atoms with Crippen LogP contribution in [0.5, 0.6) is 0 Å². The van der Waals surface area contributed by atoms with Gasteiger partial charge in [0.25, 0.3) is 0 Å². The molecule has 0 radical (unpaired) electrons. The Labute approximate surface area is 138 Å². The lowest BCUT2D eigenvalue weighted by Crippen LogP contribution is -2.10. The summed E-state index contributed by atoms with van der Waals surface area (Å²) in [4.78, 5) is 11.7. The maximum atomic E-state index is 11.5. The van der Waals surface area contributed by atoms with E-state index in [0.717, 1.165) is 6.26 Å². The Morgan fingerprint density at radius 1 is 1.17 bits per heavy atom. The minimum Gasteiger partial charge on any atom is -0.343 e. The summed E-state index contributed by atoms with van der Waals surface area (Å²) in [6, 6.07) is 10.4. The van der Waals surface area contributed by atoms with Crippen LogP contribution in [0, 0.1) is 0 Å². The van der Waals surface area contributed by atoms with E-state index in [1.54, 1.807) is 30.6 Å². The van der Waals surface area contributed by atoms with Gasteiger partial charge in [-0.25, -0.2) is 13.4 Å². The number of H-pyrrole nitrogens is 1. The highest BCUT2D eigenvalue weighted by molar-refractivity contribution is 7.92. The number of anilines is 1. The summed E-state index contributed by atoms with van der Waals surface area (Å²) in [6.45, 7) is 0. The third-order valence-electron chi connectivity index (χ3n) is 3.04. The molecule has 0 fully saturated rings. The molecule has 0 bridgehead atoms. The molecule has 0 aliphatic carbocycles. The molecule has 118 valence electrons. The maximum absolute atomic E-state index is 11.5. The SMILES string of the molecule is CS(=O)(=O)Nc1ccc(Cl)cc1-c1c[nH]c(-c2ccccn2)n1. The summed E-state index contributed by atoms with van der Waals surface area (Å²) in [5.41, 5.74) is 2.26. The molecule has 0 saturated heterocycles. The van der Waals surface area contributed by atoms with Crippen molar-refractivity contribution in [1.82, 2.24) is 15.0 Å². The summed E-state index contributed by atoms with van der Waals surface area (Å²) >= 11 is 6.03. The first kappa shape index (κ1) is 15.5. The molecule has 0 saturated carbocycles. The third-order valence-corrected chi connectivity index (χ3v) is 3.86. The summed E-state index contributed by atoms with van der Waals surface area (Å²) in [5.74, 6) is 0.589. The van der Waals surface area contributed by atoms with Crippen molar-refractivity contribution < 1.29 is 8.42 Å². The molecule has 0 spiro atoms. The van der Waals surface area contributed by atoms with Crippen molar-refractivity contribution in [2.45, 2.75) is 0 Å². The number of benzene rings is 1. The van der Waals surface area contributed by atoms with Crippen molar-refractivity contribution in [3.63, 3.8) is 0 Å². The lowest BCUT2D eigenvalue weighted by atomic mass is 10.1. The van der Waals surface area contributed by atoms with Crippen molar-refractivity contribution >= 4 is 27.3 Å². The summed E-state index contributed by atoms with van der Waals surface area (Å²) in [6.07, 6.45) is 4.45. The van der Waals surface area contributed by atoms with Crippen LogP contribution in [0.25, 0.3) is 22.8 Å². The second-order valence-corrected chi connectivity index (χ2v) is 7.10. The van der Waals surface area contributed by atoms with Crippen LogP contribution >= 0.6 is 11.6 Å². The number of hydrogen-bond donors (Lipinski definition) is 2. The topological polar surface area (TPSA) is 87.7 Å². The van der Waals surface area contributed by atoms with Crippen LogP contribution in [0.3, 0.4) is 0 Å². The molecule has 23 heavy (non-hydrogen) atoms. The highest BCUT2D eigenvalue weighted by Gasteiger charge is 2.13. The number of nitrogens with zero attached hydrogens (tertiary/aromatic N) is 2. The van der Waals surface area contributed by atoms with E-state index in [0.29, 0.717) is 33.5 Å². The van der Waals surface area contributed by atoms with Gasteiger partial charge in [0, 0.05) is 23.0 Å². The van der Waals surface area contributed by atoms with Crippen LogP contribution in [-0.4, -0.2) is 29.6 Å². The lowest BCUT2D eigenvalue weighted by molar-refractivity contribution is 0.607. The molecule has 2 heterocycles. The van der Waals surface area contributed by atoms with Gasteiger partial charge in [-0.15, -0.1) is 0 Å². The first-order valence-electron chi connectivity index (χ1n) is 6.67. The smallest absolute Gasteiger partial charge is 0.229 e. The predicted molar refractivity (Wildman–Crippen MR) is 90.7 cm³/mol. The quantitative estimate of drug-likeness (QED) is 0.758. The molecule has 0 aliphatic heterocycles. The monoisotopic (exact) mass is 348 g/mol. The second kappa shape index (κ2) is 6.02. The van der Waals surface area contributed by atoms with Gasteiger partial charge in [0.2, 0.25) is 10.0 Å². The van der Waals surface area contributed by atoms with Gasteiger partial charge in [0.1, 0.15) is 5.69 Å². The first-order valence-corrected chi connectivity index (χ1v) is 8.94. The first-order chi connectivity index (χ1) is 10.9. The Balaban J connectivity index is 2.05. The van der Waals surface area contributed by atoms with E-state index >= 15 is 0 Å². The summed E-state index contributed by atoms with van der Waals surface area (Å²) in [7, 11) is -3.41. The average molecular weight is 349 g/mol. The van der Waals surface area contributed by atoms with Crippen molar-refractivity contribution in [2.24, 2.45) is 0 Å². The van der Waals surface area contributed by atoms with E-state index in [1.165, 1.54) is 0 Å². The molecule has 3 aromatic rings. The van der Waals surface area contributed by atoms with Gasteiger partial charge in [-0.3, -0.25) is 9.71 Å². The molecule has 0 unspecified atom stereocenters. The van der Waals surface area contributed by atoms with E-state index in [1.807, 2.05) is 18.2 Å². The Hall–Kier alpha value is -2.38. The molecular weight excluding hydrogens is 336 g/mol. The number of rotatable bonds is 4. The van der Waals surface area contributed by atoms with Gasteiger partial charge in [0.15, 0.2) is 5.82 Å². The number of aromatic amines is 1. The molecule has 2 N–H and O–H groups in total. The van der Waals surface area contributed by atoms with Gasteiger partial charge in [-0.05, 0) is 30.3 Å². The zero-order valence-corrected chi connectivity index (χ0v) is 13.7. The van der Waals surface area contributed by atoms with Crippen LogP contribution in [0.2, 0.25) is 5.02 Å². The number of pyridine rings is 1. The molecule has 6 nitrogen and oxygen atoms in total. The Kier molecular flexibility index (Phi) is 4.06. The molecule has 1 aromatic carbocycles. The zero-order chi connectivity index (χ0) is 16.4. The van der Waals surface area contributed by atoms with Crippen LogP contribution < -0.4 is 4.72 Å². The van der Waals surface area contributed by atoms with Crippen LogP contribution in [0.4, 0.5) is 5.69 Å². The molecule has 0 aliphatic rings. The van der Waals surface area contributed by atoms with Crippen molar-refractivity contribution in [3.8, 4) is 22.8 Å². The third kappa shape index (κ3) is 3.69. The van der Waals surface area contributed by atoms with E-state index < -0.39 is 10.0 Å². The number of nitrogens with one attached hydrogen (secondary N) is 2. The van der Waals surface area contributed by atoms with Crippen LogP contribution in [0.1, 0.15) is 0 Å². The zero-order valence-electron chi connectivity index (χ0n) is 12.1. The largest absolute Gasteiger partial charge is 0.343 e. The fourth-order valence-corrected chi connectivity index (χ4v) is 2.86. The standard InChI is InChI=1S/C15H13ClN4O2S/c1-23(21,22)20-12-6-5-10(16)8-11(12)14-9-18-15(19-14)13-4-2-3-7-17-13/h2-9,20H,1H3,(H,18,19). The number of halogens is 1. The van der Waals surface area contributed by atoms with Gasteiger partial charge in [-0.2, -0.15) is 0 Å². The molecule has 2 aromatic heterocycles. The summed E-state index contributed by atoms with van der Waals surface area (Å²) < 4.78 is 25.5. The van der Waals surface area contributed by atoms with E-state index in [-0.39, 0.29) is 0 Å². The molecule has 0 atom stereocenters. The van der Waals surface area contributed by atoms with Crippen molar-refractivity contribution in [3.05, 3.63) is 53.8 Å². The highest BCUT2D eigenvalue weighted by atomic mass is 35.5. The number of sulfonamides is 1. The minimum atomic E-state index is -3.41. The van der Waals surface area contributed by atoms with Gasteiger partial charge in [-0.1, -0.05) is 17.7 Å². The van der Waals surface area contributed by atoms with Crippen LogP contribution in [-0.2, 0) is 10.0 Å². The minimum absolute atomic E-state index is 0.413. The molecule has 8 heteroatoms. The number of aromatic nitrogens is 3. The normalized spacial score (nSPS) is 11.4. The molecule has 0 amide bonds. The fraction of sp³-hybridized carbons (Fsp3) is 0.0667. The van der Waals surface area contributed by atoms with Crippen LogP contribution in [0.15, 0.2) is 48.8 Å². The van der Waals surface area contributed by atoms with Gasteiger partial charge >= 0.3 is 0 Å². The molecular formula is C15H13ClN4O2S. The predicted octanol–water partition coefficient (Wildman–Crippen LogP) is 3.16. The van der Waals surface area contributed by atoms with E-state index in [2.05, 4.69) is 19.7 Å². The second-order valence-electron chi connectivity index (χ2n) is 4.91. The fourth-order valence-electron chi connectivity index (χ4n) is 2.11. The van der Waals surface area contributed by atoms with Crippen molar-refractivity contribution in [2.75, 3.05) is 11.0 Å². The van der Waals surface area contributed by atoms with Gasteiger partial charge in [0.05, 0.1) is 17.6 Å². The maximum Gasteiger partial charge on any atom is 0.229 e. The van der Waals surface area contributed by atoms with Gasteiger partial charge < -0.3 is 4.98 Å². The number of hydrogen-bond acceptors (Lipinski definition) is 4. The Morgan fingerprint density at radius 3 is 2.70 bits per heavy atom. The average Bonchev–Trinajstić information content (AvgIpc) is 2.98. The van der Waals surface area contributed by atoms with Crippen molar-refractivity contribution in [1.29, 1.82) is 0 Å². The Morgan fingerprint density at radius 2 is 2.00 bits per heavy atom. The lowest BCUT2D eigenvalue weighted by Gasteiger charge is -2.09. The number of imidazole rings is 1. The van der Waals surface area contributed by atoms with E-state index in [4.69, 9.17) is 11.6 Å². The molecule has 3 rings (SSSR count). The highest BCUT2D eigenvalue weighted by Crippen LogP contribution is 2.31. The Bertz CT molecular complexity index is 939.